The van der Waals surface area contributed by atoms with Gasteiger partial charge >= 0.3 is 0 Å². The van der Waals surface area contributed by atoms with Crippen molar-refractivity contribution >= 4 is 0 Å². The van der Waals surface area contributed by atoms with Crippen LogP contribution in [0, 0.1) is 11.8 Å². The summed E-state index contributed by atoms with van der Waals surface area (Å²) < 4.78 is 0. The van der Waals surface area contributed by atoms with Gasteiger partial charge in [0, 0.05) is 12.6 Å². The molecule has 1 aliphatic heterocycles. The van der Waals surface area contributed by atoms with Gasteiger partial charge in [-0.05, 0) is 44.7 Å². The molecule has 0 radical (unpaired) electrons. The SMILES string of the molecule is CCCCCCCC(C)N1CCC(C)C(CN)C1. The number of rotatable bonds is 8. The second-order valence-corrected chi connectivity index (χ2v) is 6.31. The van der Waals surface area contributed by atoms with Gasteiger partial charge in [0.05, 0.1) is 0 Å². The molecule has 2 heteroatoms. The first-order chi connectivity index (χ1) is 8.69. The molecule has 108 valence electrons. The maximum atomic E-state index is 5.88. The minimum atomic E-state index is 0.723. The topological polar surface area (TPSA) is 29.3 Å². The van der Waals surface area contributed by atoms with Gasteiger partial charge in [0.15, 0.2) is 0 Å². The molecule has 0 spiro atoms. The Morgan fingerprint density at radius 1 is 1.22 bits per heavy atom. The van der Waals surface area contributed by atoms with Crippen molar-refractivity contribution in [3.05, 3.63) is 0 Å². The summed E-state index contributed by atoms with van der Waals surface area (Å²) in [6.45, 7) is 10.4. The van der Waals surface area contributed by atoms with Crippen LogP contribution >= 0.6 is 0 Å². The Labute approximate surface area is 114 Å². The second kappa shape index (κ2) is 8.92. The van der Waals surface area contributed by atoms with E-state index in [9.17, 15) is 0 Å². The number of hydrogen-bond acceptors (Lipinski definition) is 2. The van der Waals surface area contributed by atoms with Crippen LogP contribution in [-0.2, 0) is 0 Å². The van der Waals surface area contributed by atoms with Crippen molar-refractivity contribution in [2.45, 2.75) is 71.8 Å². The van der Waals surface area contributed by atoms with Gasteiger partial charge in [-0.15, -0.1) is 0 Å². The van der Waals surface area contributed by atoms with Crippen molar-refractivity contribution in [1.29, 1.82) is 0 Å². The van der Waals surface area contributed by atoms with Crippen LogP contribution in [0.4, 0.5) is 0 Å². The van der Waals surface area contributed by atoms with Crippen LogP contribution in [0.5, 0.6) is 0 Å². The van der Waals surface area contributed by atoms with Crippen LogP contribution < -0.4 is 5.73 Å². The molecule has 2 nitrogen and oxygen atoms in total. The van der Waals surface area contributed by atoms with Crippen LogP contribution in [0.15, 0.2) is 0 Å². The number of nitrogens with zero attached hydrogens (tertiary/aromatic N) is 1. The molecule has 0 bridgehead atoms. The molecule has 18 heavy (non-hydrogen) atoms. The fraction of sp³-hybridized carbons (Fsp3) is 1.00. The molecule has 1 fully saturated rings. The number of hydrogen-bond donors (Lipinski definition) is 1. The van der Waals surface area contributed by atoms with Crippen molar-refractivity contribution in [3.8, 4) is 0 Å². The van der Waals surface area contributed by atoms with Crippen molar-refractivity contribution < 1.29 is 0 Å². The molecular formula is C16H34N2. The van der Waals surface area contributed by atoms with E-state index in [0.29, 0.717) is 0 Å². The van der Waals surface area contributed by atoms with Crippen LogP contribution in [-0.4, -0.2) is 30.6 Å². The fourth-order valence-electron chi connectivity index (χ4n) is 3.11. The molecule has 1 heterocycles. The van der Waals surface area contributed by atoms with Gasteiger partial charge in [0.2, 0.25) is 0 Å². The minimum absolute atomic E-state index is 0.723. The molecule has 0 aromatic rings. The molecule has 0 amide bonds. The van der Waals surface area contributed by atoms with Crippen LogP contribution in [0.25, 0.3) is 0 Å². The first-order valence-corrected chi connectivity index (χ1v) is 8.13. The van der Waals surface area contributed by atoms with Gasteiger partial charge in [0.1, 0.15) is 0 Å². The first-order valence-electron chi connectivity index (χ1n) is 8.13. The standard InChI is InChI=1S/C16H34N2/c1-4-5-6-7-8-9-15(3)18-11-10-14(2)16(12-17)13-18/h14-16H,4-13,17H2,1-3H3. The zero-order chi connectivity index (χ0) is 13.4. The quantitative estimate of drug-likeness (QED) is 0.670. The summed E-state index contributed by atoms with van der Waals surface area (Å²) in [5.41, 5.74) is 5.88. The van der Waals surface area contributed by atoms with Gasteiger partial charge in [-0.2, -0.15) is 0 Å². The summed E-state index contributed by atoms with van der Waals surface area (Å²) in [5, 5.41) is 0. The normalized spacial score (nSPS) is 27.3. The van der Waals surface area contributed by atoms with Crippen LogP contribution in [0.2, 0.25) is 0 Å². The molecule has 1 saturated heterocycles. The third kappa shape index (κ3) is 5.27. The highest BCUT2D eigenvalue weighted by molar-refractivity contribution is 4.81. The number of likely N-dealkylation sites (tertiary alicyclic amines) is 1. The van der Waals surface area contributed by atoms with Gasteiger partial charge < -0.3 is 10.6 Å². The van der Waals surface area contributed by atoms with E-state index in [2.05, 4.69) is 25.7 Å². The summed E-state index contributed by atoms with van der Waals surface area (Å²) in [6.07, 6.45) is 9.70. The van der Waals surface area contributed by atoms with E-state index < -0.39 is 0 Å². The number of piperidine rings is 1. The Kier molecular flexibility index (Phi) is 7.92. The first kappa shape index (κ1) is 16.0. The monoisotopic (exact) mass is 254 g/mol. The molecule has 1 rings (SSSR count). The van der Waals surface area contributed by atoms with Crippen molar-refractivity contribution in [2.24, 2.45) is 17.6 Å². The molecule has 2 N–H and O–H groups in total. The highest BCUT2D eigenvalue weighted by Gasteiger charge is 2.27. The summed E-state index contributed by atoms with van der Waals surface area (Å²) in [6, 6.07) is 0.758. The lowest BCUT2D eigenvalue weighted by molar-refractivity contribution is 0.0928. The number of nitrogens with two attached hydrogens (primary N) is 1. The van der Waals surface area contributed by atoms with Gasteiger partial charge in [0.25, 0.3) is 0 Å². The van der Waals surface area contributed by atoms with E-state index in [1.807, 2.05) is 0 Å². The summed E-state index contributed by atoms with van der Waals surface area (Å²) in [5.74, 6) is 1.55. The smallest absolute Gasteiger partial charge is 0.00670 e. The Bertz CT molecular complexity index is 205. The van der Waals surface area contributed by atoms with Gasteiger partial charge in [-0.1, -0.05) is 46.0 Å². The highest BCUT2D eigenvalue weighted by atomic mass is 15.2. The Morgan fingerprint density at radius 2 is 1.94 bits per heavy atom. The van der Waals surface area contributed by atoms with E-state index >= 15 is 0 Å². The number of unbranched alkanes of at least 4 members (excludes halogenated alkanes) is 4. The largest absolute Gasteiger partial charge is 0.330 e. The molecule has 0 aliphatic carbocycles. The molecule has 0 aromatic heterocycles. The molecule has 3 unspecified atom stereocenters. The van der Waals surface area contributed by atoms with Crippen molar-refractivity contribution in [3.63, 3.8) is 0 Å². The van der Waals surface area contributed by atoms with Crippen molar-refractivity contribution in [1.82, 2.24) is 4.90 Å². The minimum Gasteiger partial charge on any atom is -0.330 e. The lowest BCUT2D eigenvalue weighted by Gasteiger charge is -2.40. The molecule has 0 aromatic carbocycles. The Morgan fingerprint density at radius 3 is 2.61 bits per heavy atom. The zero-order valence-corrected chi connectivity index (χ0v) is 12.8. The molecule has 1 aliphatic rings. The lowest BCUT2D eigenvalue weighted by atomic mass is 9.86. The lowest BCUT2D eigenvalue weighted by Crippen LogP contribution is -2.46. The van der Waals surface area contributed by atoms with E-state index in [0.717, 1.165) is 24.4 Å². The Hall–Kier alpha value is -0.0800. The zero-order valence-electron chi connectivity index (χ0n) is 12.8. The van der Waals surface area contributed by atoms with E-state index in [4.69, 9.17) is 5.73 Å². The summed E-state index contributed by atoms with van der Waals surface area (Å²) in [7, 11) is 0. The van der Waals surface area contributed by atoms with Crippen LogP contribution in [0.3, 0.4) is 0 Å². The average Bonchev–Trinajstić information content (AvgIpc) is 2.38. The third-order valence-corrected chi connectivity index (χ3v) is 4.80. The average molecular weight is 254 g/mol. The summed E-state index contributed by atoms with van der Waals surface area (Å²) in [4.78, 5) is 2.68. The fourth-order valence-corrected chi connectivity index (χ4v) is 3.11. The van der Waals surface area contributed by atoms with Crippen molar-refractivity contribution in [2.75, 3.05) is 19.6 Å². The second-order valence-electron chi connectivity index (χ2n) is 6.31. The highest BCUT2D eigenvalue weighted by Crippen LogP contribution is 2.25. The summed E-state index contributed by atoms with van der Waals surface area (Å²) >= 11 is 0. The van der Waals surface area contributed by atoms with Gasteiger partial charge in [-0.3, -0.25) is 0 Å². The predicted octanol–water partition coefficient (Wildman–Crippen LogP) is 3.65. The predicted molar refractivity (Wildman–Crippen MR) is 80.7 cm³/mol. The van der Waals surface area contributed by atoms with E-state index in [1.54, 1.807) is 0 Å². The Balaban J connectivity index is 2.18. The van der Waals surface area contributed by atoms with Crippen LogP contribution in [0.1, 0.15) is 65.7 Å². The van der Waals surface area contributed by atoms with Gasteiger partial charge in [-0.25, -0.2) is 0 Å². The van der Waals surface area contributed by atoms with E-state index in [1.165, 1.54) is 58.0 Å². The molecule has 3 atom stereocenters. The van der Waals surface area contributed by atoms with E-state index in [-0.39, 0.29) is 0 Å². The maximum Gasteiger partial charge on any atom is 0.00670 e. The maximum absolute atomic E-state index is 5.88. The molecule has 0 saturated carbocycles. The third-order valence-electron chi connectivity index (χ3n) is 4.80. The molecular weight excluding hydrogens is 220 g/mol.